The number of nitrogens with zero attached hydrogens (tertiary/aromatic N) is 1. The second kappa shape index (κ2) is 6.19. The van der Waals surface area contributed by atoms with Gasteiger partial charge in [-0.3, -0.25) is 9.11 Å². The molecule has 2 aliphatic heterocycles. The van der Waals surface area contributed by atoms with E-state index < -0.39 is 11.1 Å². The van der Waals surface area contributed by atoms with Crippen LogP contribution < -0.4 is 0 Å². The van der Waals surface area contributed by atoms with Gasteiger partial charge in [-0.25, -0.2) is 0 Å². The normalized spacial score (nSPS) is 31.2. The predicted octanol–water partition coefficient (Wildman–Crippen LogP) is 1.74. The average molecular weight is 260 g/mol. The molecule has 92 valence electrons. The first-order valence-corrected chi connectivity index (χ1v) is 8.16. The molecule has 0 amide bonds. The molecule has 0 N–H and O–H groups in total. The third-order valence-corrected chi connectivity index (χ3v) is 4.84. The lowest BCUT2D eigenvalue weighted by Crippen LogP contribution is -2.40. The fourth-order valence-corrected chi connectivity index (χ4v) is 4.04. The van der Waals surface area contributed by atoms with Crippen molar-refractivity contribution in [1.29, 1.82) is 0 Å². The van der Waals surface area contributed by atoms with Crippen molar-refractivity contribution in [1.82, 2.24) is 4.90 Å². The molecule has 2 heterocycles. The Morgan fingerprint density at radius 3 is 2.75 bits per heavy atom. The molecule has 16 heavy (non-hydrogen) atoms. The van der Waals surface area contributed by atoms with Crippen LogP contribution in [0.5, 0.6) is 0 Å². The van der Waals surface area contributed by atoms with E-state index in [4.69, 9.17) is 0 Å². The molecule has 0 bridgehead atoms. The predicted molar refractivity (Wildman–Crippen MR) is 68.1 cm³/mol. The fourth-order valence-electron chi connectivity index (χ4n) is 2.65. The number of rotatable bonds is 3. The standard InChI is InChI=1S/C11H19NO2S2/c13-16(14)9-5-10-2-1-6-12(10)11-3-7-15-8-4-11/h5,9-11H,1-4,6-8H2,(H,13,14)/p-1/b9-5+. The van der Waals surface area contributed by atoms with E-state index in [0.29, 0.717) is 12.1 Å². The Morgan fingerprint density at radius 1 is 1.31 bits per heavy atom. The van der Waals surface area contributed by atoms with Crippen LogP contribution in [0.25, 0.3) is 0 Å². The monoisotopic (exact) mass is 260 g/mol. The Hall–Kier alpha value is 0.160. The molecule has 0 spiro atoms. The van der Waals surface area contributed by atoms with Crippen molar-refractivity contribution < 1.29 is 8.76 Å². The lowest BCUT2D eigenvalue weighted by Gasteiger charge is -2.34. The molecule has 0 aliphatic carbocycles. The van der Waals surface area contributed by atoms with Gasteiger partial charge in [0.15, 0.2) is 0 Å². The molecule has 3 nitrogen and oxygen atoms in total. The van der Waals surface area contributed by atoms with Gasteiger partial charge in [-0.1, -0.05) is 6.08 Å². The van der Waals surface area contributed by atoms with Gasteiger partial charge in [-0.05, 0) is 60.2 Å². The number of thioether (sulfide) groups is 1. The summed E-state index contributed by atoms with van der Waals surface area (Å²) in [6.45, 7) is 1.13. The first kappa shape index (κ1) is 12.6. The Kier molecular flexibility index (Phi) is 4.88. The number of hydrogen-bond acceptors (Lipinski definition) is 4. The van der Waals surface area contributed by atoms with Gasteiger partial charge in [0, 0.05) is 12.1 Å². The van der Waals surface area contributed by atoms with E-state index in [0.717, 1.165) is 13.0 Å². The van der Waals surface area contributed by atoms with Crippen LogP contribution in [0.2, 0.25) is 0 Å². The summed E-state index contributed by atoms with van der Waals surface area (Å²) >= 11 is -0.00916. The highest BCUT2D eigenvalue weighted by atomic mass is 32.2. The van der Waals surface area contributed by atoms with Gasteiger partial charge in [-0.2, -0.15) is 11.8 Å². The fraction of sp³-hybridized carbons (Fsp3) is 0.818. The van der Waals surface area contributed by atoms with Crippen molar-refractivity contribution in [2.45, 2.75) is 37.8 Å². The second-order valence-corrected chi connectivity index (χ2v) is 6.40. The summed E-state index contributed by atoms with van der Waals surface area (Å²) in [7, 11) is 0. The minimum absolute atomic E-state index is 0.353. The summed E-state index contributed by atoms with van der Waals surface area (Å²) in [5.74, 6) is 2.51. The lowest BCUT2D eigenvalue weighted by atomic mass is 10.1. The van der Waals surface area contributed by atoms with Crippen LogP contribution >= 0.6 is 11.8 Å². The lowest BCUT2D eigenvalue weighted by molar-refractivity contribution is 0.194. The Bertz CT molecular complexity index is 277. The molecule has 0 aromatic heterocycles. The van der Waals surface area contributed by atoms with Crippen molar-refractivity contribution >= 4 is 22.8 Å². The van der Waals surface area contributed by atoms with Crippen LogP contribution in [-0.2, 0) is 11.1 Å². The topological polar surface area (TPSA) is 43.4 Å². The van der Waals surface area contributed by atoms with Gasteiger partial charge in [0.05, 0.1) is 0 Å². The molecule has 2 saturated heterocycles. The zero-order valence-corrected chi connectivity index (χ0v) is 11.0. The molecule has 0 aromatic carbocycles. The van der Waals surface area contributed by atoms with Crippen molar-refractivity contribution in [3.05, 3.63) is 11.5 Å². The summed E-state index contributed by atoms with van der Waals surface area (Å²) < 4.78 is 21.1. The van der Waals surface area contributed by atoms with Crippen LogP contribution in [-0.4, -0.2) is 43.8 Å². The van der Waals surface area contributed by atoms with E-state index >= 15 is 0 Å². The zero-order valence-electron chi connectivity index (χ0n) is 9.34. The number of likely N-dealkylation sites (tertiary alicyclic amines) is 1. The number of hydrogen-bond donors (Lipinski definition) is 0. The van der Waals surface area contributed by atoms with Crippen molar-refractivity contribution in [2.75, 3.05) is 18.1 Å². The molecule has 0 saturated carbocycles. The van der Waals surface area contributed by atoms with E-state index in [9.17, 15) is 8.76 Å². The molecule has 0 aromatic rings. The maximum Gasteiger partial charge on any atom is 0.0290 e. The van der Waals surface area contributed by atoms with Crippen LogP contribution in [0.3, 0.4) is 0 Å². The van der Waals surface area contributed by atoms with Crippen LogP contribution in [0, 0.1) is 0 Å². The minimum Gasteiger partial charge on any atom is -0.769 e. The molecule has 2 fully saturated rings. The molecule has 2 rings (SSSR count). The van der Waals surface area contributed by atoms with Gasteiger partial charge in [0.2, 0.25) is 0 Å². The van der Waals surface area contributed by atoms with E-state index in [1.54, 1.807) is 0 Å². The summed E-state index contributed by atoms with van der Waals surface area (Å²) in [4.78, 5) is 2.50. The largest absolute Gasteiger partial charge is 0.769 e. The molecule has 2 atom stereocenters. The maximum absolute atomic E-state index is 10.5. The Morgan fingerprint density at radius 2 is 2.06 bits per heavy atom. The van der Waals surface area contributed by atoms with Gasteiger partial charge >= 0.3 is 0 Å². The third-order valence-electron chi connectivity index (χ3n) is 3.41. The highest BCUT2D eigenvalue weighted by molar-refractivity contribution is 7.99. The summed E-state index contributed by atoms with van der Waals surface area (Å²) in [5, 5.41) is 1.31. The first-order chi connectivity index (χ1) is 7.77. The van der Waals surface area contributed by atoms with E-state index in [1.165, 1.54) is 36.2 Å². The quantitative estimate of drug-likeness (QED) is 0.725. The molecule has 5 heteroatoms. The molecule has 2 aliphatic rings. The molecule has 0 radical (unpaired) electrons. The van der Waals surface area contributed by atoms with Gasteiger partial charge < -0.3 is 4.55 Å². The molecule has 2 unspecified atom stereocenters. The maximum atomic E-state index is 10.5. The van der Waals surface area contributed by atoms with E-state index in [-0.39, 0.29) is 0 Å². The van der Waals surface area contributed by atoms with Crippen molar-refractivity contribution in [3.8, 4) is 0 Å². The van der Waals surface area contributed by atoms with E-state index in [1.807, 2.05) is 17.8 Å². The van der Waals surface area contributed by atoms with Crippen LogP contribution in [0.15, 0.2) is 11.5 Å². The highest BCUT2D eigenvalue weighted by Crippen LogP contribution is 2.28. The Balaban J connectivity index is 1.94. The van der Waals surface area contributed by atoms with Crippen molar-refractivity contribution in [2.24, 2.45) is 0 Å². The SMILES string of the molecule is O=S([O-])/C=C/C1CCCN1C1CCSCC1. The smallest absolute Gasteiger partial charge is 0.0290 e. The van der Waals surface area contributed by atoms with Crippen molar-refractivity contribution in [3.63, 3.8) is 0 Å². The third kappa shape index (κ3) is 3.32. The van der Waals surface area contributed by atoms with Gasteiger partial charge in [-0.15, -0.1) is 0 Å². The first-order valence-electron chi connectivity index (χ1n) is 5.87. The summed E-state index contributed by atoms with van der Waals surface area (Å²) in [6, 6.07) is 1.03. The van der Waals surface area contributed by atoms with Crippen LogP contribution in [0.4, 0.5) is 0 Å². The molecular formula is C11H18NO2S2-. The minimum atomic E-state index is -2.04. The highest BCUT2D eigenvalue weighted by Gasteiger charge is 2.29. The summed E-state index contributed by atoms with van der Waals surface area (Å²) in [6.07, 6.45) is 6.68. The second-order valence-electron chi connectivity index (χ2n) is 4.38. The zero-order chi connectivity index (χ0) is 11.4. The summed E-state index contributed by atoms with van der Waals surface area (Å²) in [5.41, 5.74) is 0. The Labute approximate surface area is 104 Å². The van der Waals surface area contributed by atoms with Crippen LogP contribution in [0.1, 0.15) is 25.7 Å². The molecular weight excluding hydrogens is 242 g/mol. The van der Waals surface area contributed by atoms with Gasteiger partial charge in [0.25, 0.3) is 0 Å². The van der Waals surface area contributed by atoms with Gasteiger partial charge in [0.1, 0.15) is 0 Å². The van der Waals surface area contributed by atoms with E-state index in [2.05, 4.69) is 4.90 Å². The average Bonchev–Trinajstić information content (AvgIpc) is 2.75.